The number of halogens is 1. The molecule has 0 aliphatic rings. The molecule has 4 aromatic rings. The predicted octanol–water partition coefficient (Wildman–Crippen LogP) is 4.38. The minimum atomic E-state index is -0.156. The van der Waals surface area contributed by atoms with E-state index in [9.17, 15) is 4.39 Å². The molecule has 0 saturated carbocycles. The Kier molecular flexibility index (Phi) is 5.17. The summed E-state index contributed by atoms with van der Waals surface area (Å²) in [6.45, 7) is 0.912. The van der Waals surface area contributed by atoms with Crippen LogP contribution in [-0.2, 0) is 19.4 Å². The van der Waals surface area contributed by atoms with Gasteiger partial charge in [-0.05, 0) is 61.8 Å². The van der Waals surface area contributed by atoms with E-state index in [0.29, 0.717) is 6.42 Å². The average molecular weight is 374 g/mol. The Labute approximate surface area is 164 Å². The van der Waals surface area contributed by atoms with Crippen molar-refractivity contribution in [1.82, 2.24) is 19.5 Å². The fraction of sp³-hybridized carbons (Fsp3) is 0.217. The normalized spacial score (nSPS) is 11.4. The second-order valence-corrected chi connectivity index (χ2v) is 7.29. The smallest absolute Gasteiger partial charge is 0.168 e. The molecule has 0 aliphatic heterocycles. The molecule has 0 amide bonds. The van der Waals surface area contributed by atoms with Gasteiger partial charge in [-0.2, -0.15) is 0 Å². The van der Waals surface area contributed by atoms with E-state index in [1.165, 1.54) is 11.6 Å². The van der Waals surface area contributed by atoms with E-state index in [4.69, 9.17) is 0 Å². The fourth-order valence-corrected chi connectivity index (χ4v) is 3.51. The number of pyridine rings is 1. The van der Waals surface area contributed by atoms with Crippen molar-refractivity contribution < 1.29 is 4.39 Å². The monoisotopic (exact) mass is 374 g/mol. The molecule has 5 heteroatoms. The van der Waals surface area contributed by atoms with Gasteiger partial charge in [-0.15, -0.1) is 10.2 Å². The lowest BCUT2D eigenvalue weighted by Crippen LogP contribution is -2.10. The second kappa shape index (κ2) is 7.90. The molecule has 0 radical (unpaired) electrons. The highest BCUT2D eigenvalue weighted by atomic mass is 19.1. The highest BCUT2D eigenvalue weighted by Crippen LogP contribution is 2.25. The Hall–Kier alpha value is -3.05. The van der Waals surface area contributed by atoms with Crippen LogP contribution in [0.15, 0.2) is 67.0 Å². The molecule has 0 N–H and O–H groups in total. The molecule has 0 spiro atoms. The van der Waals surface area contributed by atoms with Crippen molar-refractivity contribution in [2.75, 3.05) is 14.1 Å². The Morgan fingerprint density at radius 1 is 0.929 bits per heavy atom. The molecule has 0 unspecified atom stereocenters. The van der Waals surface area contributed by atoms with Gasteiger partial charge in [0, 0.05) is 17.8 Å². The van der Waals surface area contributed by atoms with Crippen LogP contribution in [0.3, 0.4) is 0 Å². The lowest BCUT2D eigenvalue weighted by Gasteiger charge is -2.12. The Morgan fingerprint density at radius 2 is 1.71 bits per heavy atom. The highest BCUT2D eigenvalue weighted by molar-refractivity contribution is 5.77. The molecule has 28 heavy (non-hydrogen) atoms. The summed E-state index contributed by atoms with van der Waals surface area (Å²) in [5.41, 5.74) is 6.05. The Balaban J connectivity index is 1.61. The first-order chi connectivity index (χ1) is 13.6. The largest absolute Gasteiger partial charge is 0.305 e. The summed E-state index contributed by atoms with van der Waals surface area (Å²) in [6.07, 6.45) is 3.09. The van der Waals surface area contributed by atoms with Crippen molar-refractivity contribution in [2.45, 2.75) is 19.4 Å². The van der Waals surface area contributed by atoms with Gasteiger partial charge in [0.1, 0.15) is 12.1 Å². The van der Waals surface area contributed by atoms with Gasteiger partial charge in [-0.1, -0.05) is 42.5 Å². The minimum absolute atomic E-state index is 0.156. The number of aryl methyl sites for hydroxylation is 2. The predicted molar refractivity (Wildman–Crippen MR) is 110 cm³/mol. The maximum absolute atomic E-state index is 13.9. The third kappa shape index (κ3) is 3.80. The molecular formula is C23H23FN4. The number of hydrogen-bond donors (Lipinski definition) is 0. The summed E-state index contributed by atoms with van der Waals surface area (Å²) >= 11 is 0. The molecule has 4 nitrogen and oxygen atoms in total. The van der Waals surface area contributed by atoms with Crippen molar-refractivity contribution >= 4 is 5.65 Å². The molecule has 0 fully saturated rings. The maximum atomic E-state index is 13.9. The van der Waals surface area contributed by atoms with Gasteiger partial charge in [0.05, 0.1) is 0 Å². The first-order valence-electron chi connectivity index (χ1n) is 9.41. The molecular weight excluding hydrogens is 351 g/mol. The summed E-state index contributed by atoms with van der Waals surface area (Å²) < 4.78 is 15.9. The van der Waals surface area contributed by atoms with E-state index in [-0.39, 0.29) is 5.82 Å². The van der Waals surface area contributed by atoms with E-state index >= 15 is 0 Å². The zero-order valence-electron chi connectivity index (χ0n) is 16.1. The third-order valence-electron chi connectivity index (χ3n) is 4.91. The minimum Gasteiger partial charge on any atom is -0.305 e. The van der Waals surface area contributed by atoms with Crippen LogP contribution in [0.25, 0.3) is 16.8 Å². The van der Waals surface area contributed by atoms with Crippen LogP contribution >= 0.6 is 0 Å². The van der Waals surface area contributed by atoms with Crippen molar-refractivity contribution in [3.05, 3.63) is 89.6 Å². The van der Waals surface area contributed by atoms with Crippen molar-refractivity contribution in [2.24, 2.45) is 0 Å². The standard InChI is InChI=1S/C23H23FN4/c1-27(2)15-17-7-9-18(10-8-17)21-14-13-20(28-16-25-26-23(21)28)12-11-19-5-3-4-6-22(19)24/h3-10,13-14,16H,11-12,15H2,1-2H3. The quantitative estimate of drug-likeness (QED) is 0.502. The SMILES string of the molecule is CN(C)Cc1ccc(-c2ccc(CCc3ccccc3F)n3cnnc23)cc1. The van der Waals surface area contributed by atoms with E-state index in [1.54, 1.807) is 12.4 Å². The second-order valence-electron chi connectivity index (χ2n) is 7.29. The van der Waals surface area contributed by atoms with Crippen LogP contribution in [0, 0.1) is 5.82 Å². The van der Waals surface area contributed by atoms with Crippen molar-refractivity contribution in [1.29, 1.82) is 0 Å². The number of hydrogen-bond acceptors (Lipinski definition) is 3. The molecule has 2 aromatic carbocycles. The van der Waals surface area contributed by atoms with E-state index < -0.39 is 0 Å². The number of rotatable bonds is 6. The van der Waals surface area contributed by atoms with Crippen LogP contribution in [0.1, 0.15) is 16.8 Å². The van der Waals surface area contributed by atoms with Gasteiger partial charge in [-0.25, -0.2) is 4.39 Å². The van der Waals surface area contributed by atoms with Gasteiger partial charge in [0.15, 0.2) is 5.65 Å². The first kappa shape index (κ1) is 18.3. The lowest BCUT2D eigenvalue weighted by molar-refractivity contribution is 0.402. The maximum Gasteiger partial charge on any atom is 0.168 e. The summed E-state index contributed by atoms with van der Waals surface area (Å²) in [4.78, 5) is 2.15. The molecule has 0 saturated heterocycles. The molecule has 142 valence electrons. The molecule has 0 aliphatic carbocycles. The topological polar surface area (TPSA) is 33.4 Å². The summed E-state index contributed by atoms with van der Waals surface area (Å²) in [5, 5.41) is 8.44. The summed E-state index contributed by atoms with van der Waals surface area (Å²) in [5.74, 6) is -0.156. The van der Waals surface area contributed by atoms with E-state index in [1.807, 2.05) is 16.5 Å². The van der Waals surface area contributed by atoms with Crippen molar-refractivity contribution in [3.63, 3.8) is 0 Å². The van der Waals surface area contributed by atoms with E-state index in [0.717, 1.165) is 41.0 Å². The molecule has 0 bridgehead atoms. The Morgan fingerprint density at radius 3 is 2.46 bits per heavy atom. The zero-order chi connectivity index (χ0) is 19.5. The number of aromatic nitrogens is 3. The molecule has 0 atom stereocenters. The van der Waals surface area contributed by atoms with Crippen LogP contribution < -0.4 is 0 Å². The van der Waals surface area contributed by atoms with Crippen LogP contribution in [0.5, 0.6) is 0 Å². The van der Waals surface area contributed by atoms with E-state index in [2.05, 4.69) is 65.6 Å². The average Bonchev–Trinajstić information content (AvgIpc) is 3.18. The number of fused-ring (bicyclic) bond motifs is 1. The Bertz CT molecular complexity index is 1080. The lowest BCUT2D eigenvalue weighted by atomic mass is 10.0. The zero-order valence-corrected chi connectivity index (χ0v) is 16.1. The number of nitrogens with zero attached hydrogens (tertiary/aromatic N) is 4. The first-order valence-corrected chi connectivity index (χ1v) is 9.41. The van der Waals surface area contributed by atoms with Gasteiger partial charge >= 0.3 is 0 Å². The fourth-order valence-electron chi connectivity index (χ4n) is 3.51. The van der Waals surface area contributed by atoms with Gasteiger partial charge < -0.3 is 4.90 Å². The van der Waals surface area contributed by atoms with Crippen molar-refractivity contribution in [3.8, 4) is 11.1 Å². The summed E-state index contributed by atoms with van der Waals surface area (Å²) in [7, 11) is 4.13. The third-order valence-corrected chi connectivity index (χ3v) is 4.91. The van der Waals surface area contributed by atoms with Gasteiger partial charge in [0.2, 0.25) is 0 Å². The summed E-state index contributed by atoms with van der Waals surface area (Å²) in [6, 6.07) is 19.6. The van der Waals surface area contributed by atoms with Gasteiger partial charge in [0.25, 0.3) is 0 Å². The van der Waals surface area contributed by atoms with Gasteiger partial charge in [-0.3, -0.25) is 4.40 Å². The highest BCUT2D eigenvalue weighted by Gasteiger charge is 2.11. The molecule has 4 rings (SSSR count). The van der Waals surface area contributed by atoms with Crippen LogP contribution in [0.4, 0.5) is 4.39 Å². The van der Waals surface area contributed by atoms with Crippen LogP contribution in [-0.4, -0.2) is 33.6 Å². The molecule has 2 aromatic heterocycles. The van der Waals surface area contributed by atoms with Crippen LogP contribution in [0.2, 0.25) is 0 Å². The molecule has 2 heterocycles. The number of benzene rings is 2.